The SMILES string of the molecule is Cl.NS(=O)(=O)c1ccc(NCCC(=O)NC2CC3CCC(C2)N3)c([N+](=O)[O-])c1. The highest BCUT2D eigenvalue weighted by Crippen LogP contribution is 2.28. The molecule has 2 heterocycles. The van der Waals surface area contributed by atoms with Crippen molar-refractivity contribution in [3.8, 4) is 0 Å². The Kier molecular flexibility index (Phi) is 7.21. The first-order chi connectivity index (χ1) is 12.7. The van der Waals surface area contributed by atoms with Crippen LogP contribution in [0.2, 0.25) is 0 Å². The van der Waals surface area contributed by atoms with Crippen LogP contribution in [-0.4, -0.2) is 43.9 Å². The van der Waals surface area contributed by atoms with E-state index in [1.165, 1.54) is 12.1 Å². The minimum absolute atomic E-state index is 0. The number of nitrogens with two attached hydrogens (primary N) is 1. The summed E-state index contributed by atoms with van der Waals surface area (Å²) in [6, 6.07) is 4.50. The van der Waals surface area contributed by atoms with Crippen molar-refractivity contribution in [1.29, 1.82) is 0 Å². The monoisotopic (exact) mass is 433 g/mol. The van der Waals surface area contributed by atoms with Gasteiger partial charge in [0.15, 0.2) is 0 Å². The molecule has 1 aromatic carbocycles. The molecule has 0 aromatic heterocycles. The largest absolute Gasteiger partial charge is 0.379 e. The van der Waals surface area contributed by atoms with Crippen molar-refractivity contribution in [2.24, 2.45) is 5.14 Å². The summed E-state index contributed by atoms with van der Waals surface area (Å²) in [4.78, 5) is 22.3. The molecule has 10 nitrogen and oxygen atoms in total. The highest BCUT2D eigenvalue weighted by atomic mass is 35.5. The fourth-order valence-corrected chi connectivity index (χ4v) is 4.31. The van der Waals surface area contributed by atoms with E-state index in [-0.39, 0.29) is 47.9 Å². The lowest BCUT2D eigenvalue weighted by molar-refractivity contribution is -0.384. The fraction of sp³-hybridized carbons (Fsp3) is 0.562. The second-order valence-corrected chi connectivity index (χ2v) is 8.59. The number of carbonyl (C=O) groups excluding carboxylic acids is 1. The third-order valence-electron chi connectivity index (χ3n) is 5.00. The Morgan fingerprint density at radius 1 is 1.29 bits per heavy atom. The van der Waals surface area contributed by atoms with E-state index in [0.29, 0.717) is 12.1 Å². The molecule has 0 saturated carbocycles. The maximum atomic E-state index is 12.1. The summed E-state index contributed by atoms with van der Waals surface area (Å²) >= 11 is 0. The van der Waals surface area contributed by atoms with E-state index < -0.39 is 20.6 Å². The zero-order valence-electron chi connectivity index (χ0n) is 15.1. The molecule has 2 fully saturated rings. The van der Waals surface area contributed by atoms with Gasteiger partial charge in [-0.15, -0.1) is 12.4 Å². The van der Waals surface area contributed by atoms with E-state index in [0.717, 1.165) is 31.7 Å². The summed E-state index contributed by atoms with van der Waals surface area (Å²) in [6.45, 7) is 0.194. The first-order valence-electron chi connectivity index (χ1n) is 8.83. The van der Waals surface area contributed by atoms with Gasteiger partial charge in [-0.25, -0.2) is 13.6 Å². The summed E-state index contributed by atoms with van der Waals surface area (Å²) in [7, 11) is -4.03. The average Bonchev–Trinajstić information content (AvgIpc) is 2.92. The number of nitrogens with one attached hydrogen (secondary N) is 3. The highest BCUT2D eigenvalue weighted by molar-refractivity contribution is 7.89. The zero-order valence-corrected chi connectivity index (χ0v) is 16.7. The Labute approximate surface area is 169 Å². The third-order valence-corrected chi connectivity index (χ3v) is 5.91. The van der Waals surface area contributed by atoms with Crippen LogP contribution in [0, 0.1) is 10.1 Å². The number of amides is 1. The number of hydrogen-bond acceptors (Lipinski definition) is 7. The van der Waals surface area contributed by atoms with Crippen LogP contribution in [0.25, 0.3) is 0 Å². The zero-order chi connectivity index (χ0) is 19.6. The van der Waals surface area contributed by atoms with Gasteiger partial charge in [0.1, 0.15) is 5.69 Å². The minimum Gasteiger partial charge on any atom is -0.379 e. The maximum absolute atomic E-state index is 12.1. The minimum atomic E-state index is -4.03. The number of anilines is 1. The van der Waals surface area contributed by atoms with E-state index in [4.69, 9.17) is 5.14 Å². The number of halogens is 1. The number of fused-ring (bicyclic) bond motifs is 2. The number of nitro groups is 1. The van der Waals surface area contributed by atoms with E-state index in [2.05, 4.69) is 16.0 Å². The van der Waals surface area contributed by atoms with Gasteiger partial charge in [-0.1, -0.05) is 0 Å². The molecule has 12 heteroatoms. The number of nitrogens with zero attached hydrogens (tertiary/aromatic N) is 1. The molecule has 3 rings (SSSR count). The standard InChI is InChI=1S/C16H23N5O5S.ClH/c17-27(25,26)13-3-4-14(15(9-13)21(23)24)18-6-5-16(22)20-12-7-10-1-2-11(8-12)19-10;/h3-4,9-12,18-19H,1-2,5-8H2,(H,20,22)(H2,17,25,26);1H. The molecule has 5 N–H and O–H groups in total. The van der Waals surface area contributed by atoms with Crippen molar-refractivity contribution in [3.05, 3.63) is 28.3 Å². The number of primary sulfonamides is 1. The number of carbonyl (C=O) groups is 1. The van der Waals surface area contributed by atoms with Crippen LogP contribution in [-0.2, 0) is 14.8 Å². The topological polar surface area (TPSA) is 156 Å². The molecule has 1 aromatic rings. The van der Waals surface area contributed by atoms with Gasteiger partial charge in [0.05, 0.1) is 9.82 Å². The fourth-order valence-electron chi connectivity index (χ4n) is 3.77. The van der Waals surface area contributed by atoms with E-state index in [9.17, 15) is 23.3 Å². The van der Waals surface area contributed by atoms with E-state index in [1.54, 1.807) is 0 Å². The number of hydrogen-bond donors (Lipinski definition) is 4. The first-order valence-corrected chi connectivity index (χ1v) is 10.4. The van der Waals surface area contributed by atoms with Gasteiger partial charge in [-0.2, -0.15) is 0 Å². The van der Waals surface area contributed by atoms with Gasteiger partial charge in [0.25, 0.3) is 5.69 Å². The molecule has 28 heavy (non-hydrogen) atoms. The van der Waals surface area contributed by atoms with Gasteiger partial charge in [-0.3, -0.25) is 14.9 Å². The molecular formula is C16H24ClN5O5S. The second kappa shape index (κ2) is 9.03. The van der Waals surface area contributed by atoms with Crippen molar-refractivity contribution in [1.82, 2.24) is 10.6 Å². The lowest BCUT2D eigenvalue weighted by atomic mass is 10.00. The lowest BCUT2D eigenvalue weighted by Crippen LogP contribution is -2.48. The van der Waals surface area contributed by atoms with Gasteiger partial charge < -0.3 is 16.0 Å². The lowest BCUT2D eigenvalue weighted by Gasteiger charge is -2.29. The van der Waals surface area contributed by atoms with Crippen molar-refractivity contribution in [3.63, 3.8) is 0 Å². The van der Waals surface area contributed by atoms with Crippen LogP contribution >= 0.6 is 12.4 Å². The molecule has 0 radical (unpaired) electrons. The van der Waals surface area contributed by atoms with Gasteiger partial charge in [0.2, 0.25) is 15.9 Å². The van der Waals surface area contributed by atoms with Crippen LogP contribution in [0.15, 0.2) is 23.1 Å². The summed E-state index contributed by atoms with van der Waals surface area (Å²) in [5.74, 6) is -0.113. The van der Waals surface area contributed by atoms with E-state index in [1.807, 2.05) is 0 Å². The molecule has 2 aliphatic rings. The normalized spacial score (nSPS) is 23.5. The number of rotatable bonds is 7. The Hall–Kier alpha value is -1.95. The molecule has 0 spiro atoms. The average molecular weight is 434 g/mol. The Bertz CT molecular complexity index is 838. The predicted octanol–water partition coefficient (Wildman–Crippen LogP) is 0.865. The molecule has 2 bridgehead atoms. The number of benzene rings is 1. The smallest absolute Gasteiger partial charge is 0.293 e. The predicted molar refractivity (Wildman–Crippen MR) is 106 cm³/mol. The van der Waals surface area contributed by atoms with Crippen LogP contribution in [0.4, 0.5) is 11.4 Å². The molecular weight excluding hydrogens is 410 g/mol. The third kappa shape index (κ3) is 5.53. The summed E-state index contributed by atoms with van der Waals surface area (Å²) in [6.07, 6.45) is 4.31. The van der Waals surface area contributed by atoms with Gasteiger partial charge >= 0.3 is 0 Å². The molecule has 2 saturated heterocycles. The molecule has 1 amide bonds. The molecule has 2 unspecified atom stereocenters. The van der Waals surface area contributed by atoms with E-state index >= 15 is 0 Å². The highest BCUT2D eigenvalue weighted by Gasteiger charge is 2.33. The van der Waals surface area contributed by atoms with Crippen LogP contribution in [0.3, 0.4) is 0 Å². The van der Waals surface area contributed by atoms with Crippen LogP contribution < -0.4 is 21.1 Å². The van der Waals surface area contributed by atoms with Crippen LogP contribution in [0.1, 0.15) is 32.1 Å². The Morgan fingerprint density at radius 3 is 2.50 bits per heavy atom. The molecule has 2 aliphatic heterocycles. The summed E-state index contributed by atoms with van der Waals surface area (Å²) < 4.78 is 22.7. The van der Waals surface area contributed by atoms with Crippen molar-refractivity contribution >= 4 is 39.7 Å². The summed E-state index contributed by atoms with van der Waals surface area (Å²) in [5.41, 5.74) is -0.267. The number of piperidine rings is 1. The quantitative estimate of drug-likeness (QED) is 0.367. The summed E-state index contributed by atoms with van der Waals surface area (Å²) in [5, 5.41) is 25.5. The van der Waals surface area contributed by atoms with Crippen LogP contribution in [0.5, 0.6) is 0 Å². The molecule has 156 valence electrons. The maximum Gasteiger partial charge on any atom is 0.293 e. The second-order valence-electron chi connectivity index (χ2n) is 7.03. The number of sulfonamides is 1. The van der Waals surface area contributed by atoms with Gasteiger partial charge in [0, 0.05) is 37.2 Å². The first kappa shape index (κ1) is 22.3. The van der Waals surface area contributed by atoms with Gasteiger partial charge in [-0.05, 0) is 37.8 Å². The van der Waals surface area contributed by atoms with Crippen molar-refractivity contribution < 1.29 is 18.1 Å². The molecule has 2 atom stereocenters. The Balaban J connectivity index is 0.00000280. The number of nitro benzene ring substituents is 1. The van der Waals surface area contributed by atoms with Crippen molar-refractivity contribution in [2.45, 2.75) is 55.1 Å². The Morgan fingerprint density at radius 2 is 1.93 bits per heavy atom. The van der Waals surface area contributed by atoms with Crippen molar-refractivity contribution in [2.75, 3.05) is 11.9 Å². The molecule has 0 aliphatic carbocycles.